The SMILES string of the molecule is Cc1cc(Cl)nc(NC(=O)c2ccc3c(c2)CC(=O)N3)n1. The van der Waals surface area contributed by atoms with Crippen LogP contribution < -0.4 is 10.6 Å². The number of hydrogen-bond donors (Lipinski definition) is 2. The van der Waals surface area contributed by atoms with Gasteiger partial charge in [-0.25, -0.2) is 9.97 Å². The second-order valence-electron chi connectivity index (χ2n) is 4.71. The zero-order valence-corrected chi connectivity index (χ0v) is 11.9. The maximum Gasteiger partial charge on any atom is 0.258 e. The largest absolute Gasteiger partial charge is 0.326 e. The molecule has 0 fully saturated rings. The number of aryl methyl sites for hydroxylation is 1. The first-order chi connectivity index (χ1) is 10.0. The Bertz CT molecular complexity index is 740. The van der Waals surface area contributed by atoms with Crippen LogP contribution in [0.1, 0.15) is 21.6 Å². The van der Waals surface area contributed by atoms with Crippen molar-refractivity contribution in [1.82, 2.24) is 9.97 Å². The Balaban J connectivity index is 1.83. The highest BCUT2D eigenvalue weighted by molar-refractivity contribution is 6.29. The Morgan fingerprint density at radius 2 is 2.14 bits per heavy atom. The van der Waals surface area contributed by atoms with Gasteiger partial charge in [0, 0.05) is 16.9 Å². The first-order valence-corrected chi connectivity index (χ1v) is 6.64. The molecule has 3 rings (SSSR count). The topological polar surface area (TPSA) is 84.0 Å². The van der Waals surface area contributed by atoms with Crippen molar-refractivity contribution >= 4 is 35.1 Å². The van der Waals surface area contributed by atoms with Crippen LogP contribution in [0.3, 0.4) is 0 Å². The average Bonchev–Trinajstić information content (AvgIpc) is 2.76. The summed E-state index contributed by atoms with van der Waals surface area (Å²) in [7, 11) is 0. The standard InChI is InChI=1S/C14H11ClN4O2/c1-7-4-11(15)18-14(16-7)19-13(21)8-2-3-10-9(5-8)6-12(20)17-10/h2-5H,6H2,1H3,(H,17,20)(H,16,18,19,21). The highest BCUT2D eigenvalue weighted by Crippen LogP contribution is 2.24. The van der Waals surface area contributed by atoms with Crippen LogP contribution in [-0.2, 0) is 11.2 Å². The van der Waals surface area contributed by atoms with Crippen LogP contribution in [-0.4, -0.2) is 21.8 Å². The van der Waals surface area contributed by atoms with E-state index in [1.54, 1.807) is 31.2 Å². The number of halogens is 1. The smallest absolute Gasteiger partial charge is 0.258 e. The van der Waals surface area contributed by atoms with Gasteiger partial charge in [0.15, 0.2) is 0 Å². The summed E-state index contributed by atoms with van der Waals surface area (Å²) in [6.45, 7) is 1.76. The molecule has 6 nitrogen and oxygen atoms in total. The van der Waals surface area contributed by atoms with Gasteiger partial charge in [0.2, 0.25) is 11.9 Å². The number of aromatic nitrogens is 2. The van der Waals surface area contributed by atoms with Crippen LogP contribution in [0.15, 0.2) is 24.3 Å². The van der Waals surface area contributed by atoms with Crippen LogP contribution in [0.2, 0.25) is 5.15 Å². The van der Waals surface area contributed by atoms with E-state index in [-0.39, 0.29) is 29.3 Å². The molecular formula is C14H11ClN4O2. The van der Waals surface area contributed by atoms with Gasteiger partial charge in [-0.1, -0.05) is 11.6 Å². The van der Waals surface area contributed by atoms with E-state index in [0.29, 0.717) is 11.3 Å². The number of carbonyl (C=O) groups excluding carboxylic acids is 2. The molecule has 1 aliphatic rings. The molecule has 2 N–H and O–H groups in total. The van der Waals surface area contributed by atoms with E-state index in [4.69, 9.17) is 11.6 Å². The number of benzene rings is 1. The molecule has 1 aliphatic heterocycles. The van der Waals surface area contributed by atoms with Crippen LogP contribution in [0.4, 0.5) is 11.6 Å². The molecule has 1 aromatic carbocycles. The third-order valence-electron chi connectivity index (χ3n) is 3.04. The summed E-state index contributed by atoms with van der Waals surface area (Å²) >= 11 is 5.82. The van der Waals surface area contributed by atoms with E-state index in [0.717, 1.165) is 11.3 Å². The number of nitrogens with zero attached hydrogens (tertiary/aromatic N) is 2. The Morgan fingerprint density at radius 1 is 1.33 bits per heavy atom. The first-order valence-electron chi connectivity index (χ1n) is 6.26. The van der Waals surface area contributed by atoms with Gasteiger partial charge in [-0.3, -0.25) is 14.9 Å². The summed E-state index contributed by atoms with van der Waals surface area (Å²) in [6, 6.07) is 6.63. The molecule has 21 heavy (non-hydrogen) atoms. The molecule has 0 radical (unpaired) electrons. The van der Waals surface area contributed by atoms with E-state index >= 15 is 0 Å². The van der Waals surface area contributed by atoms with Gasteiger partial charge in [-0.05, 0) is 36.8 Å². The number of anilines is 2. The molecule has 1 aromatic heterocycles. The lowest BCUT2D eigenvalue weighted by Gasteiger charge is -2.06. The van der Waals surface area contributed by atoms with Crippen molar-refractivity contribution in [1.29, 1.82) is 0 Å². The zero-order valence-electron chi connectivity index (χ0n) is 11.1. The summed E-state index contributed by atoms with van der Waals surface area (Å²) < 4.78 is 0. The predicted octanol–water partition coefficient (Wildman–Crippen LogP) is 2.19. The monoisotopic (exact) mass is 302 g/mol. The maximum absolute atomic E-state index is 12.2. The fraction of sp³-hybridized carbons (Fsp3) is 0.143. The van der Waals surface area contributed by atoms with Gasteiger partial charge >= 0.3 is 0 Å². The van der Waals surface area contributed by atoms with Crippen molar-refractivity contribution in [2.24, 2.45) is 0 Å². The minimum Gasteiger partial charge on any atom is -0.326 e. The Hall–Kier alpha value is -2.47. The molecule has 7 heteroatoms. The van der Waals surface area contributed by atoms with Crippen molar-refractivity contribution in [3.05, 3.63) is 46.2 Å². The average molecular weight is 303 g/mol. The normalized spacial score (nSPS) is 12.8. The summed E-state index contributed by atoms with van der Waals surface area (Å²) in [5.74, 6) is -0.269. The highest BCUT2D eigenvalue weighted by Gasteiger charge is 2.19. The fourth-order valence-corrected chi connectivity index (χ4v) is 2.37. The van der Waals surface area contributed by atoms with Crippen LogP contribution in [0, 0.1) is 6.92 Å². The molecule has 0 atom stereocenters. The van der Waals surface area contributed by atoms with E-state index in [1.807, 2.05) is 0 Å². The van der Waals surface area contributed by atoms with Crippen molar-refractivity contribution in [3.8, 4) is 0 Å². The van der Waals surface area contributed by atoms with Crippen molar-refractivity contribution < 1.29 is 9.59 Å². The van der Waals surface area contributed by atoms with Gasteiger partial charge < -0.3 is 5.32 Å². The predicted molar refractivity (Wildman–Crippen MR) is 78.5 cm³/mol. The van der Waals surface area contributed by atoms with Gasteiger partial charge in [0.25, 0.3) is 5.91 Å². The molecule has 2 aromatic rings. The van der Waals surface area contributed by atoms with Crippen molar-refractivity contribution in [3.63, 3.8) is 0 Å². The molecular weight excluding hydrogens is 292 g/mol. The quantitative estimate of drug-likeness (QED) is 0.833. The fourth-order valence-electron chi connectivity index (χ4n) is 2.13. The van der Waals surface area contributed by atoms with Gasteiger partial charge in [-0.15, -0.1) is 0 Å². The molecule has 2 heterocycles. The second kappa shape index (κ2) is 5.14. The highest BCUT2D eigenvalue weighted by atomic mass is 35.5. The minimum absolute atomic E-state index is 0.0728. The molecule has 0 unspecified atom stereocenters. The lowest BCUT2D eigenvalue weighted by Crippen LogP contribution is -2.14. The summed E-state index contributed by atoms with van der Waals surface area (Å²) in [5.41, 5.74) is 2.64. The summed E-state index contributed by atoms with van der Waals surface area (Å²) in [5, 5.41) is 5.57. The van der Waals surface area contributed by atoms with Gasteiger partial charge in [0.05, 0.1) is 6.42 Å². The number of rotatable bonds is 2. The van der Waals surface area contributed by atoms with Gasteiger partial charge in [0.1, 0.15) is 5.15 Å². The van der Waals surface area contributed by atoms with Crippen molar-refractivity contribution in [2.45, 2.75) is 13.3 Å². The van der Waals surface area contributed by atoms with E-state index in [1.165, 1.54) is 0 Å². The second-order valence-corrected chi connectivity index (χ2v) is 5.09. The zero-order chi connectivity index (χ0) is 15.0. The molecule has 2 amide bonds. The van der Waals surface area contributed by atoms with Gasteiger partial charge in [-0.2, -0.15) is 0 Å². The lowest BCUT2D eigenvalue weighted by molar-refractivity contribution is -0.115. The Kier molecular flexibility index (Phi) is 3.31. The molecule has 0 spiro atoms. The van der Waals surface area contributed by atoms with Crippen LogP contribution >= 0.6 is 11.6 Å². The van der Waals surface area contributed by atoms with Crippen LogP contribution in [0.25, 0.3) is 0 Å². The number of nitrogens with one attached hydrogen (secondary N) is 2. The minimum atomic E-state index is -0.348. The molecule has 0 aliphatic carbocycles. The molecule has 0 bridgehead atoms. The maximum atomic E-state index is 12.2. The number of amides is 2. The molecule has 0 saturated heterocycles. The number of hydrogen-bond acceptors (Lipinski definition) is 4. The van der Waals surface area contributed by atoms with Crippen molar-refractivity contribution in [2.75, 3.05) is 10.6 Å². The van der Waals surface area contributed by atoms with E-state index < -0.39 is 0 Å². The summed E-state index contributed by atoms with van der Waals surface area (Å²) in [6.07, 6.45) is 0.281. The van der Waals surface area contributed by atoms with E-state index in [2.05, 4.69) is 20.6 Å². The molecule has 0 saturated carbocycles. The third kappa shape index (κ3) is 2.85. The molecule has 106 valence electrons. The van der Waals surface area contributed by atoms with Crippen LogP contribution in [0.5, 0.6) is 0 Å². The number of carbonyl (C=O) groups is 2. The lowest BCUT2D eigenvalue weighted by atomic mass is 10.1. The first kappa shape index (κ1) is 13.5. The Labute approximate surface area is 125 Å². The summed E-state index contributed by atoms with van der Waals surface area (Å²) in [4.78, 5) is 31.5. The number of fused-ring (bicyclic) bond motifs is 1. The third-order valence-corrected chi connectivity index (χ3v) is 3.23. The van der Waals surface area contributed by atoms with E-state index in [9.17, 15) is 9.59 Å². The Morgan fingerprint density at radius 3 is 2.90 bits per heavy atom.